The van der Waals surface area contributed by atoms with Crippen molar-refractivity contribution in [2.24, 2.45) is 0 Å². The van der Waals surface area contributed by atoms with E-state index in [1.807, 2.05) is 0 Å². The van der Waals surface area contributed by atoms with Gasteiger partial charge in [-0.1, -0.05) is 0 Å². The van der Waals surface area contributed by atoms with Gasteiger partial charge in [0.15, 0.2) is 16.7 Å². The molecule has 1 heterocycles. The van der Waals surface area contributed by atoms with Crippen molar-refractivity contribution in [2.75, 3.05) is 24.3 Å². The quantitative estimate of drug-likeness (QED) is 0.577. The maximum absolute atomic E-state index is 13.4. The Morgan fingerprint density at radius 2 is 1.74 bits per heavy atom. The highest BCUT2D eigenvalue weighted by Crippen LogP contribution is 2.35. The molecule has 2 aromatic rings. The van der Waals surface area contributed by atoms with Gasteiger partial charge < -0.3 is 21.9 Å². The Kier molecular flexibility index (Phi) is 3.61. The number of halogens is 1. The standard InChI is InChI=1S/C11H12FN5OS/c1-18-7-3-8(6(13)2-5(7)12)19-11-16-9(14)4-10(15)17-11/h2-4H,13H2,1H3,(H4,14,15,16,17). The molecule has 0 aliphatic rings. The first-order valence-electron chi connectivity index (χ1n) is 5.20. The van der Waals surface area contributed by atoms with Gasteiger partial charge in [-0.3, -0.25) is 0 Å². The van der Waals surface area contributed by atoms with Gasteiger partial charge in [-0.05, 0) is 17.8 Å². The number of ether oxygens (including phenoxy) is 1. The topological polar surface area (TPSA) is 113 Å². The van der Waals surface area contributed by atoms with Crippen molar-refractivity contribution in [3.8, 4) is 5.75 Å². The normalized spacial score (nSPS) is 10.4. The molecule has 0 bridgehead atoms. The van der Waals surface area contributed by atoms with Gasteiger partial charge in [0.25, 0.3) is 0 Å². The third kappa shape index (κ3) is 2.97. The Bertz CT molecular complexity index is 602. The Labute approximate surface area is 113 Å². The van der Waals surface area contributed by atoms with Crippen LogP contribution in [-0.4, -0.2) is 17.1 Å². The van der Waals surface area contributed by atoms with Crippen LogP contribution in [0.5, 0.6) is 5.75 Å². The summed E-state index contributed by atoms with van der Waals surface area (Å²) < 4.78 is 18.3. The van der Waals surface area contributed by atoms with Gasteiger partial charge >= 0.3 is 0 Å². The zero-order valence-corrected chi connectivity index (χ0v) is 10.9. The summed E-state index contributed by atoms with van der Waals surface area (Å²) in [5.74, 6) is 0.0660. The molecule has 0 unspecified atom stereocenters. The maximum atomic E-state index is 13.4. The predicted molar refractivity (Wildman–Crippen MR) is 72.3 cm³/mol. The molecule has 0 atom stereocenters. The second-order valence-corrected chi connectivity index (χ2v) is 4.64. The number of nitrogens with zero attached hydrogens (tertiary/aromatic N) is 2. The molecule has 100 valence electrons. The van der Waals surface area contributed by atoms with E-state index in [0.29, 0.717) is 10.1 Å². The zero-order chi connectivity index (χ0) is 14.0. The fourth-order valence-electron chi connectivity index (χ4n) is 1.40. The Balaban J connectivity index is 2.37. The maximum Gasteiger partial charge on any atom is 0.196 e. The predicted octanol–water partition coefficient (Wildman–Crippen LogP) is 1.52. The van der Waals surface area contributed by atoms with Crippen LogP contribution in [-0.2, 0) is 0 Å². The molecule has 6 N–H and O–H groups in total. The molecule has 6 nitrogen and oxygen atoms in total. The molecular weight excluding hydrogens is 269 g/mol. The summed E-state index contributed by atoms with van der Waals surface area (Å²) in [7, 11) is 1.37. The highest BCUT2D eigenvalue weighted by Gasteiger charge is 2.11. The minimum atomic E-state index is -0.530. The first-order chi connectivity index (χ1) is 8.99. The van der Waals surface area contributed by atoms with Gasteiger partial charge in [-0.15, -0.1) is 0 Å². The number of methoxy groups -OCH3 is 1. The van der Waals surface area contributed by atoms with Crippen molar-refractivity contribution in [1.29, 1.82) is 0 Å². The molecule has 8 heteroatoms. The molecule has 2 rings (SSSR count). The van der Waals surface area contributed by atoms with E-state index in [9.17, 15) is 4.39 Å². The average Bonchev–Trinajstić information content (AvgIpc) is 2.31. The van der Waals surface area contributed by atoms with Gasteiger partial charge in [0, 0.05) is 22.7 Å². The molecule has 0 aliphatic carbocycles. The first-order valence-corrected chi connectivity index (χ1v) is 6.02. The van der Waals surface area contributed by atoms with Crippen LogP contribution in [0, 0.1) is 5.82 Å². The van der Waals surface area contributed by atoms with Crippen molar-refractivity contribution in [2.45, 2.75) is 10.1 Å². The van der Waals surface area contributed by atoms with Gasteiger partial charge in [0.2, 0.25) is 0 Å². The van der Waals surface area contributed by atoms with Gasteiger partial charge in [-0.25, -0.2) is 14.4 Å². The summed E-state index contributed by atoms with van der Waals surface area (Å²) in [4.78, 5) is 8.57. The number of hydrogen-bond acceptors (Lipinski definition) is 7. The van der Waals surface area contributed by atoms with Crippen LogP contribution in [0.25, 0.3) is 0 Å². The van der Waals surface area contributed by atoms with Crippen molar-refractivity contribution >= 4 is 29.1 Å². The van der Waals surface area contributed by atoms with E-state index in [-0.39, 0.29) is 23.1 Å². The van der Waals surface area contributed by atoms with Crippen LogP contribution in [0.2, 0.25) is 0 Å². The van der Waals surface area contributed by atoms with Crippen molar-refractivity contribution in [3.63, 3.8) is 0 Å². The first kappa shape index (κ1) is 13.2. The summed E-state index contributed by atoms with van der Waals surface area (Å²) in [6.07, 6.45) is 0. The molecule has 0 spiro atoms. The largest absolute Gasteiger partial charge is 0.494 e. The lowest BCUT2D eigenvalue weighted by Gasteiger charge is -2.08. The molecule has 0 saturated heterocycles. The molecule has 1 aromatic carbocycles. The number of hydrogen-bond donors (Lipinski definition) is 3. The lowest BCUT2D eigenvalue weighted by molar-refractivity contribution is 0.385. The van der Waals surface area contributed by atoms with E-state index in [1.165, 1.54) is 25.3 Å². The highest BCUT2D eigenvalue weighted by atomic mass is 32.2. The van der Waals surface area contributed by atoms with E-state index in [0.717, 1.165) is 11.8 Å². The summed E-state index contributed by atoms with van der Waals surface area (Å²) in [5.41, 5.74) is 17.1. The van der Waals surface area contributed by atoms with E-state index in [1.54, 1.807) is 0 Å². The van der Waals surface area contributed by atoms with E-state index in [2.05, 4.69) is 9.97 Å². The lowest BCUT2D eigenvalue weighted by Crippen LogP contribution is -2.00. The van der Waals surface area contributed by atoms with Crippen LogP contribution in [0.3, 0.4) is 0 Å². The van der Waals surface area contributed by atoms with Crippen molar-refractivity contribution in [3.05, 3.63) is 24.0 Å². The molecule has 19 heavy (non-hydrogen) atoms. The number of rotatable bonds is 3. The van der Waals surface area contributed by atoms with Crippen LogP contribution in [0.15, 0.2) is 28.3 Å². The van der Waals surface area contributed by atoms with Gasteiger partial charge in [-0.2, -0.15) is 0 Å². The Morgan fingerprint density at radius 3 is 2.32 bits per heavy atom. The third-order valence-corrected chi connectivity index (χ3v) is 3.17. The van der Waals surface area contributed by atoms with E-state index < -0.39 is 5.82 Å². The monoisotopic (exact) mass is 281 g/mol. The summed E-state index contributed by atoms with van der Waals surface area (Å²) in [6.45, 7) is 0. The molecule has 0 amide bonds. The summed E-state index contributed by atoms with van der Waals surface area (Å²) in [6, 6.07) is 4.09. The molecule has 0 saturated carbocycles. The van der Waals surface area contributed by atoms with Crippen molar-refractivity contribution in [1.82, 2.24) is 9.97 Å². The number of aromatic nitrogens is 2. The SMILES string of the molecule is COc1cc(Sc2nc(N)cc(N)n2)c(N)cc1F. The highest BCUT2D eigenvalue weighted by molar-refractivity contribution is 7.99. The van der Waals surface area contributed by atoms with Crippen LogP contribution in [0.4, 0.5) is 21.7 Å². The number of anilines is 3. The van der Waals surface area contributed by atoms with Gasteiger partial charge in [0.1, 0.15) is 11.6 Å². The summed E-state index contributed by atoms with van der Waals surface area (Å²) >= 11 is 1.13. The lowest BCUT2D eigenvalue weighted by atomic mass is 10.3. The molecule has 0 fully saturated rings. The third-order valence-electron chi connectivity index (χ3n) is 2.23. The number of benzene rings is 1. The average molecular weight is 281 g/mol. The molecule has 1 aromatic heterocycles. The molecular formula is C11H12FN5OS. The number of nitrogen functional groups attached to an aromatic ring is 3. The second-order valence-electron chi connectivity index (χ2n) is 3.63. The minimum Gasteiger partial charge on any atom is -0.494 e. The van der Waals surface area contributed by atoms with Crippen LogP contribution < -0.4 is 21.9 Å². The molecule has 0 radical (unpaired) electrons. The Morgan fingerprint density at radius 1 is 1.11 bits per heavy atom. The van der Waals surface area contributed by atoms with E-state index >= 15 is 0 Å². The number of nitrogens with two attached hydrogens (primary N) is 3. The van der Waals surface area contributed by atoms with Crippen LogP contribution in [0.1, 0.15) is 0 Å². The summed E-state index contributed by atoms with van der Waals surface area (Å²) in [5, 5.41) is 0.331. The smallest absolute Gasteiger partial charge is 0.196 e. The van der Waals surface area contributed by atoms with E-state index in [4.69, 9.17) is 21.9 Å². The van der Waals surface area contributed by atoms with Crippen molar-refractivity contribution < 1.29 is 9.13 Å². The fourth-order valence-corrected chi connectivity index (χ4v) is 2.24. The zero-order valence-electron chi connectivity index (χ0n) is 10.1. The second kappa shape index (κ2) is 5.19. The molecule has 0 aliphatic heterocycles. The van der Waals surface area contributed by atoms with Crippen LogP contribution >= 0.6 is 11.8 Å². The minimum absolute atomic E-state index is 0.0913. The Hall–Kier alpha value is -2.22. The fraction of sp³-hybridized carbons (Fsp3) is 0.0909. The van der Waals surface area contributed by atoms with Gasteiger partial charge in [0.05, 0.1) is 7.11 Å².